The fourth-order valence-electron chi connectivity index (χ4n) is 1.90. The lowest BCUT2D eigenvalue weighted by Gasteiger charge is -2.11. The first-order valence-electron chi connectivity index (χ1n) is 7.08. The van der Waals surface area contributed by atoms with E-state index in [0.29, 0.717) is 13.0 Å². The van der Waals surface area contributed by atoms with Crippen LogP contribution in [0.25, 0.3) is 0 Å². The van der Waals surface area contributed by atoms with Gasteiger partial charge in [-0.15, -0.1) is 0 Å². The SMILES string of the molecule is CCc1nn(C)cc1CNCCC(=O)NC(C)CC. The summed E-state index contributed by atoms with van der Waals surface area (Å²) in [6.45, 7) is 7.66. The summed E-state index contributed by atoms with van der Waals surface area (Å²) in [4.78, 5) is 11.6. The number of carbonyl (C=O) groups excluding carboxylic acids is 1. The summed E-state index contributed by atoms with van der Waals surface area (Å²) >= 11 is 0. The molecular weight excluding hydrogens is 240 g/mol. The van der Waals surface area contributed by atoms with E-state index < -0.39 is 0 Å². The summed E-state index contributed by atoms with van der Waals surface area (Å²) in [5, 5.41) is 10.6. The standard InChI is InChI=1S/C14H26N4O/c1-5-11(3)16-14(19)7-8-15-9-12-10-18(4)17-13(12)6-2/h10-11,15H,5-9H2,1-4H3,(H,16,19). The Balaban J connectivity index is 2.25. The molecule has 0 aliphatic rings. The molecule has 1 unspecified atom stereocenters. The molecule has 0 fully saturated rings. The molecular formula is C14H26N4O. The van der Waals surface area contributed by atoms with Gasteiger partial charge >= 0.3 is 0 Å². The number of nitrogens with zero attached hydrogens (tertiary/aromatic N) is 2. The first-order valence-corrected chi connectivity index (χ1v) is 7.08. The average Bonchev–Trinajstić information content (AvgIpc) is 2.74. The van der Waals surface area contributed by atoms with Crippen LogP contribution in [0.5, 0.6) is 0 Å². The van der Waals surface area contributed by atoms with Crippen molar-refractivity contribution in [3.63, 3.8) is 0 Å². The largest absolute Gasteiger partial charge is 0.354 e. The van der Waals surface area contributed by atoms with Gasteiger partial charge in [-0.2, -0.15) is 5.10 Å². The fourth-order valence-corrected chi connectivity index (χ4v) is 1.90. The molecule has 0 saturated heterocycles. The number of hydrogen-bond donors (Lipinski definition) is 2. The average molecular weight is 266 g/mol. The van der Waals surface area contributed by atoms with Crippen LogP contribution in [0, 0.1) is 0 Å². The molecule has 19 heavy (non-hydrogen) atoms. The van der Waals surface area contributed by atoms with Gasteiger partial charge in [-0.3, -0.25) is 9.48 Å². The Morgan fingerprint density at radius 2 is 2.21 bits per heavy atom. The summed E-state index contributed by atoms with van der Waals surface area (Å²) in [6.07, 6.45) is 4.46. The van der Waals surface area contributed by atoms with Gasteiger partial charge in [-0.1, -0.05) is 13.8 Å². The second-order valence-corrected chi connectivity index (χ2v) is 4.93. The number of aromatic nitrogens is 2. The van der Waals surface area contributed by atoms with E-state index in [1.807, 2.05) is 24.9 Å². The van der Waals surface area contributed by atoms with E-state index >= 15 is 0 Å². The summed E-state index contributed by atoms with van der Waals surface area (Å²) < 4.78 is 1.84. The molecule has 0 bridgehead atoms. The van der Waals surface area contributed by atoms with Crippen LogP contribution in [-0.4, -0.2) is 28.3 Å². The van der Waals surface area contributed by atoms with Crippen LogP contribution < -0.4 is 10.6 Å². The Morgan fingerprint density at radius 1 is 1.47 bits per heavy atom. The Bertz CT molecular complexity index is 400. The molecule has 1 aromatic heterocycles. The van der Waals surface area contributed by atoms with Crippen LogP contribution in [-0.2, 0) is 24.8 Å². The third-order valence-corrected chi connectivity index (χ3v) is 3.19. The first kappa shape index (κ1) is 15.7. The molecule has 1 rings (SSSR count). The molecule has 0 aliphatic carbocycles. The lowest BCUT2D eigenvalue weighted by atomic mass is 10.2. The quantitative estimate of drug-likeness (QED) is 0.699. The van der Waals surface area contributed by atoms with E-state index in [1.165, 1.54) is 5.56 Å². The highest BCUT2D eigenvalue weighted by Gasteiger charge is 2.07. The first-order chi connectivity index (χ1) is 9.06. The Hall–Kier alpha value is -1.36. The Labute approximate surface area is 115 Å². The van der Waals surface area contributed by atoms with E-state index in [-0.39, 0.29) is 11.9 Å². The molecule has 2 N–H and O–H groups in total. The van der Waals surface area contributed by atoms with Crippen LogP contribution in [0.1, 0.15) is 44.9 Å². The van der Waals surface area contributed by atoms with Gasteiger partial charge in [-0.25, -0.2) is 0 Å². The van der Waals surface area contributed by atoms with Gasteiger partial charge in [0.05, 0.1) is 5.69 Å². The van der Waals surface area contributed by atoms with Crippen LogP contribution >= 0.6 is 0 Å². The van der Waals surface area contributed by atoms with Crippen molar-refractivity contribution in [3.05, 3.63) is 17.5 Å². The number of aryl methyl sites for hydroxylation is 2. The van der Waals surface area contributed by atoms with Gasteiger partial charge in [0.2, 0.25) is 5.91 Å². The maximum Gasteiger partial charge on any atom is 0.221 e. The minimum atomic E-state index is 0.115. The topological polar surface area (TPSA) is 59.0 Å². The summed E-state index contributed by atoms with van der Waals surface area (Å²) in [6, 6.07) is 0.262. The molecule has 5 heteroatoms. The van der Waals surface area contributed by atoms with Crippen molar-refractivity contribution < 1.29 is 4.79 Å². The predicted octanol–water partition coefficient (Wildman–Crippen LogP) is 1.38. The van der Waals surface area contributed by atoms with Crippen molar-refractivity contribution >= 4 is 5.91 Å². The van der Waals surface area contributed by atoms with Crippen molar-refractivity contribution in [2.45, 2.75) is 52.6 Å². The van der Waals surface area contributed by atoms with Crippen LogP contribution in [0.2, 0.25) is 0 Å². The number of carbonyl (C=O) groups is 1. The van der Waals surface area contributed by atoms with E-state index in [2.05, 4.69) is 29.6 Å². The highest BCUT2D eigenvalue weighted by Crippen LogP contribution is 2.06. The smallest absolute Gasteiger partial charge is 0.221 e. The molecule has 0 spiro atoms. The van der Waals surface area contributed by atoms with Gasteiger partial charge in [0, 0.05) is 44.4 Å². The van der Waals surface area contributed by atoms with Crippen LogP contribution in [0.3, 0.4) is 0 Å². The molecule has 0 aliphatic heterocycles. The highest BCUT2D eigenvalue weighted by molar-refractivity contribution is 5.76. The summed E-state index contributed by atoms with van der Waals surface area (Å²) in [5.74, 6) is 0.115. The van der Waals surface area contributed by atoms with E-state index in [0.717, 1.165) is 25.1 Å². The molecule has 0 aromatic carbocycles. The molecule has 5 nitrogen and oxygen atoms in total. The second-order valence-electron chi connectivity index (χ2n) is 4.93. The van der Waals surface area contributed by atoms with Crippen molar-refractivity contribution in [2.24, 2.45) is 7.05 Å². The lowest BCUT2D eigenvalue weighted by Crippen LogP contribution is -2.33. The molecule has 1 atom stereocenters. The molecule has 0 radical (unpaired) electrons. The maximum atomic E-state index is 11.6. The van der Waals surface area contributed by atoms with E-state index in [1.54, 1.807) is 0 Å². The predicted molar refractivity (Wildman–Crippen MR) is 76.8 cm³/mol. The van der Waals surface area contributed by atoms with Gasteiger partial charge in [0.1, 0.15) is 0 Å². The van der Waals surface area contributed by atoms with Crippen LogP contribution in [0.4, 0.5) is 0 Å². The van der Waals surface area contributed by atoms with Gasteiger partial charge in [0.15, 0.2) is 0 Å². The van der Waals surface area contributed by atoms with E-state index in [9.17, 15) is 4.79 Å². The Kier molecular flexibility index (Phi) is 6.56. The molecule has 108 valence electrons. The van der Waals surface area contributed by atoms with Crippen molar-refractivity contribution in [1.29, 1.82) is 0 Å². The van der Waals surface area contributed by atoms with Gasteiger partial charge in [0.25, 0.3) is 0 Å². The number of rotatable bonds is 8. The number of nitrogens with one attached hydrogen (secondary N) is 2. The zero-order chi connectivity index (χ0) is 14.3. The highest BCUT2D eigenvalue weighted by atomic mass is 16.1. The third kappa shape index (κ3) is 5.42. The Morgan fingerprint density at radius 3 is 2.84 bits per heavy atom. The third-order valence-electron chi connectivity index (χ3n) is 3.19. The molecule has 1 amide bonds. The van der Waals surface area contributed by atoms with Crippen molar-refractivity contribution in [3.8, 4) is 0 Å². The summed E-state index contributed by atoms with van der Waals surface area (Å²) in [7, 11) is 1.93. The minimum absolute atomic E-state index is 0.115. The zero-order valence-electron chi connectivity index (χ0n) is 12.5. The van der Waals surface area contributed by atoms with Gasteiger partial charge in [-0.05, 0) is 19.8 Å². The van der Waals surface area contributed by atoms with Gasteiger partial charge < -0.3 is 10.6 Å². The normalized spacial score (nSPS) is 12.4. The maximum absolute atomic E-state index is 11.6. The number of hydrogen-bond acceptors (Lipinski definition) is 3. The van der Waals surface area contributed by atoms with E-state index in [4.69, 9.17) is 0 Å². The molecule has 1 aromatic rings. The monoisotopic (exact) mass is 266 g/mol. The van der Waals surface area contributed by atoms with Crippen molar-refractivity contribution in [1.82, 2.24) is 20.4 Å². The van der Waals surface area contributed by atoms with Crippen LogP contribution in [0.15, 0.2) is 6.20 Å². The second kappa shape index (κ2) is 7.94. The molecule has 1 heterocycles. The fraction of sp³-hybridized carbons (Fsp3) is 0.714. The minimum Gasteiger partial charge on any atom is -0.354 e. The number of amides is 1. The zero-order valence-corrected chi connectivity index (χ0v) is 12.5. The summed E-state index contributed by atoms with van der Waals surface area (Å²) in [5.41, 5.74) is 2.34. The van der Waals surface area contributed by atoms with Crippen molar-refractivity contribution in [2.75, 3.05) is 6.54 Å². The lowest BCUT2D eigenvalue weighted by molar-refractivity contribution is -0.121. The molecule has 0 saturated carbocycles.